The Morgan fingerprint density at radius 2 is 1.68 bits per heavy atom. The van der Waals surface area contributed by atoms with Crippen molar-refractivity contribution in [3.8, 4) is 0 Å². The van der Waals surface area contributed by atoms with E-state index in [0.717, 1.165) is 5.56 Å². The summed E-state index contributed by atoms with van der Waals surface area (Å²) in [5.74, 6) is -0.0131. The predicted molar refractivity (Wildman–Crippen MR) is 105 cm³/mol. The van der Waals surface area contributed by atoms with Gasteiger partial charge in [0.15, 0.2) is 0 Å². The van der Waals surface area contributed by atoms with Crippen molar-refractivity contribution in [2.75, 3.05) is 10.7 Å². The third-order valence-electron chi connectivity index (χ3n) is 3.82. The molecule has 25 heavy (non-hydrogen) atoms. The number of halogens is 2. The number of hydrogen-bond acceptors (Lipinski definition) is 3. The van der Waals surface area contributed by atoms with Crippen LogP contribution in [0, 0.1) is 6.92 Å². The summed E-state index contributed by atoms with van der Waals surface area (Å²) in [6, 6.07) is 12.2. The summed E-state index contributed by atoms with van der Waals surface area (Å²) in [6.07, 6.45) is 0. The van der Waals surface area contributed by atoms with E-state index >= 15 is 0 Å². The molecule has 0 aliphatic carbocycles. The van der Waals surface area contributed by atoms with Gasteiger partial charge in [-0.25, -0.2) is 4.90 Å². The fourth-order valence-corrected chi connectivity index (χ4v) is 3.99. The molecule has 128 valence electrons. The zero-order valence-corrected chi connectivity index (χ0v) is 16.0. The third-order valence-corrected chi connectivity index (χ3v) is 5.33. The monoisotopic (exact) mass is 391 g/mol. The van der Waals surface area contributed by atoms with E-state index in [-0.39, 0.29) is 11.8 Å². The van der Waals surface area contributed by atoms with Crippen molar-refractivity contribution in [3.63, 3.8) is 0 Å². The molecule has 3 rings (SSSR count). The van der Waals surface area contributed by atoms with Crippen molar-refractivity contribution in [3.05, 3.63) is 68.5 Å². The van der Waals surface area contributed by atoms with E-state index in [4.69, 9.17) is 23.2 Å². The second kappa shape index (κ2) is 7.24. The van der Waals surface area contributed by atoms with Gasteiger partial charge in [-0.05, 0) is 36.9 Å². The van der Waals surface area contributed by atoms with Crippen LogP contribution in [-0.2, 0) is 9.59 Å². The summed E-state index contributed by atoms with van der Waals surface area (Å²) in [6.45, 7) is 3.89. The number of benzene rings is 2. The van der Waals surface area contributed by atoms with Gasteiger partial charge in [0.25, 0.3) is 11.8 Å². The summed E-state index contributed by atoms with van der Waals surface area (Å²) in [7, 11) is 0. The van der Waals surface area contributed by atoms with Gasteiger partial charge in [-0.3, -0.25) is 9.59 Å². The number of imide groups is 1. The average Bonchev–Trinajstić information content (AvgIpc) is 2.80. The van der Waals surface area contributed by atoms with Gasteiger partial charge in [0.05, 0.1) is 21.2 Å². The number of hydrogen-bond donors (Lipinski definition) is 0. The molecule has 0 radical (unpaired) electrons. The smallest absolute Gasteiger partial charge is 0.268 e. The molecule has 0 fully saturated rings. The van der Waals surface area contributed by atoms with Gasteiger partial charge in [-0.15, -0.1) is 11.8 Å². The first-order valence-corrected chi connectivity index (χ1v) is 9.46. The molecule has 1 aliphatic heterocycles. The molecule has 0 bridgehead atoms. The highest BCUT2D eigenvalue weighted by Crippen LogP contribution is 2.40. The van der Waals surface area contributed by atoms with E-state index in [9.17, 15) is 9.59 Å². The predicted octanol–water partition coefficient (Wildman–Crippen LogP) is 5.34. The molecule has 2 amide bonds. The van der Waals surface area contributed by atoms with E-state index in [0.29, 0.717) is 37.5 Å². The van der Waals surface area contributed by atoms with Gasteiger partial charge in [-0.2, -0.15) is 0 Å². The van der Waals surface area contributed by atoms with Gasteiger partial charge in [0, 0.05) is 10.6 Å². The van der Waals surface area contributed by atoms with E-state index in [1.54, 1.807) is 30.3 Å². The molecule has 0 aromatic heterocycles. The second-order valence-electron chi connectivity index (χ2n) is 5.54. The minimum absolute atomic E-state index is 0.318. The standard InChI is InChI=1S/C19H15Cl2NO2S/c1-3-25-17-16(14-9-6-12(20)10-15(14)21)18(23)22(19(17)24)13-7-4-11(2)5-8-13/h4-10H,3H2,1-2H3. The molecular weight excluding hydrogens is 377 g/mol. The number of amides is 2. The molecule has 0 atom stereocenters. The van der Waals surface area contributed by atoms with Crippen LogP contribution in [0.25, 0.3) is 5.57 Å². The van der Waals surface area contributed by atoms with Crippen LogP contribution in [0.2, 0.25) is 10.0 Å². The molecule has 0 saturated heterocycles. The molecule has 1 heterocycles. The zero-order chi connectivity index (χ0) is 18.1. The van der Waals surface area contributed by atoms with E-state index in [2.05, 4.69) is 0 Å². The normalized spacial score (nSPS) is 14.6. The Kier molecular flexibility index (Phi) is 5.23. The van der Waals surface area contributed by atoms with Crippen molar-refractivity contribution in [1.29, 1.82) is 0 Å². The highest BCUT2D eigenvalue weighted by molar-refractivity contribution is 8.04. The van der Waals surface area contributed by atoms with Gasteiger partial charge in [-0.1, -0.05) is 53.9 Å². The lowest BCUT2D eigenvalue weighted by Gasteiger charge is -2.15. The molecule has 3 nitrogen and oxygen atoms in total. The molecule has 0 saturated carbocycles. The molecule has 6 heteroatoms. The van der Waals surface area contributed by atoms with Crippen molar-refractivity contribution >= 4 is 58.0 Å². The minimum atomic E-state index is -0.367. The number of nitrogens with zero attached hydrogens (tertiary/aromatic N) is 1. The van der Waals surface area contributed by atoms with Gasteiger partial charge in [0.2, 0.25) is 0 Å². The van der Waals surface area contributed by atoms with Crippen LogP contribution in [0.1, 0.15) is 18.1 Å². The van der Waals surface area contributed by atoms with Crippen molar-refractivity contribution in [1.82, 2.24) is 0 Å². The molecular formula is C19H15Cl2NO2S. The minimum Gasteiger partial charge on any atom is -0.268 e. The third kappa shape index (κ3) is 3.34. The highest BCUT2D eigenvalue weighted by Gasteiger charge is 2.40. The summed E-state index contributed by atoms with van der Waals surface area (Å²) >= 11 is 13.6. The Morgan fingerprint density at radius 1 is 1.00 bits per heavy atom. The van der Waals surface area contributed by atoms with Gasteiger partial charge >= 0.3 is 0 Å². The molecule has 2 aromatic carbocycles. The van der Waals surface area contributed by atoms with Crippen LogP contribution in [0.3, 0.4) is 0 Å². The van der Waals surface area contributed by atoms with Crippen LogP contribution < -0.4 is 4.90 Å². The summed E-state index contributed by atoms with van der Waals surface area (Å²) in [5, 5.41) is 0.829. The molecule has 0 N–H and O–H groups in total. The first-order chi connectivity index (χ1) is 11.9. The summed E-state index contributed by atoms with van der Waals surface area (Å²) in [5.41, 5.74) is 2.46. The average molecular weight is 392 g/mol. The molecule has 1 aliphatic rings. The Hall–Kier alpha value is -1.75. The fourth-order valence-electron chi connectivity index (χ4n) is 2.65. The Morgan fingerprint density at radius 3 is 2.28 bits per heavy atom. The quantitative estimate of drug-likeness (QED) is 0.660. The number of carbonyl (C=O) groups excluding carboxylic acids is 2. The zero-order valence-electron chi connectivity index (χ0n) is 13.7. The summed E-state index contributed by atoms with van der Waals surface area (Å²) < 4.78 is 0. The molecule has 2 aromatic rings. The number of anilines is 1. The van der Waals surface area contributed by atoms with E-state index < -0.39 is 0 Å². The lowest BCUT2D eigenvalue weighted by atomic mass is 10.1. The lowest BCUT2D eigenvalue weighted by Crippen LogP contribution is -2.31. The number of aryl methyl sites for hydroxylation is 1. The van der Waals surface area contributed by atoms with Crippen LogP contribution in [-0.4, -0.2) is 17.6 Å². The van der Waals surface area contributed by atoms with Crippen LogP contribution in [0.4, 0.5) is 5.69 Å². The van der Waals surface area contributed by atoms with Crippen molar-refractivity contribution in [2.24, 2.45) is 0 Å². The molecule has 0 unspecified atom stereocenters. The second-order valence-corrected chi connectivity index (χ2v) is 7.66. The van der Waals surface area contributed by atoms with Crippen LogP contribution in [0.15, 0.2) is 47.4 Å². The van der Waals surface area contributed by atoms with Crippen molar-refractivity contribution in [2.45, 2.75) is 13.8 Å². The molecule has 0 spiro atoms. The van der Waals surface area contributed by atoms with Gasteiger partial charge in [0.1, 0.15) is 0 Å². The van der Waals surface area contributed by atoms with E-state index in [1.807, 2.05) is 26.0 Å². The number of thioether (sulfide) groups is 1. The van der Waals surface area contributed by atoms with Crippen LogP contribution >= 0.6 is 35.0 Å². The maximum Gasteiger partial charge on any atom is 0.272 e. The van der Waals surface area contributed by atoms with Gasteiger partial charge < -0.3 is 0 Å². The first-order valence-electron chi connectivity index (χ1n) is 7.72. The largest absolute Gasteiger partial charge is 0.272 e. The maximum atomic E-state index is 13.1. The Labute approximate surface area is 160 Å². The number of rotatable bonds is 4. The number of carbonyl (C=O) groups is 2. The SMILES string of the molecule is CCSC1=C(c2ccc(Cl)cc2Cl)C(=O)N(c2ccc(C)cc2)C1=O. The summed E-state index contributed by atoms with van der Waals surface area (Å²) in [4.78, 5) is 27.6. The Balaban J connectivity index is 2.12. The lowest BCUT2D eigenvalue weighted by molar-refractivity contribution is -0.119. The first kappa shape index (κ1) is 18.1. The topological polar surface area (TPSA) is 37.4 Å². The highest BCUT2D eigenvalue weighted by atomic mass is 35.5. The van der Waals surface area contributed by atoms with Crippen molar-refractivity contribution < 1.29 is 9.59 Å². The van der Waals surface area contributed by atoms with E-state index in [1.165, 1.54) is 16.7 Å². The van der Waals surface area contributed by atoms with Crippen LogP contribution in [0.5, 0.6) is 0 Å². The Bertz CT molecular complexity index is 891. The maximum absolute atomic E-state index is 13.1. The fraction of sp³-hybridized carbons (Fsp3) is 0.158.